The number of hydrogen-bond donors (Lipinski definition) is 1. The van der Waals surface area contributed by atoms with E-state index in [0.717, 1.165) is 43.9 Å². The fourth-order valence-electron chi connectivity index (χ4n) is 3.65. The van der Waals surface area contributed by atoms with Gasteiger partial charge in [0.15, 0.2) is 0 Å². The van der Waals surface area contributed by atoms with Crippen molar-refractivity contribution in [1.82, 2.24) is 14.5 Å². The van der Waals surface area contributed by atoms with Gasteiger partial charge in [0.25, 0.3) is 0 Å². The van der Waals surface area contributed by atoms with Gasteiger partial charge in [0, 0.05) is 65.1 Å². The fourth-order valence-corrected chi connectivity index (χ4v) is 5.17. The van der Waals surface area contributed by atoms with Gasteiger partial charge in [-0.15, -0.1) is 12.4 Å². The van der Waals surface area contributed by atoms with E-state index in [1.807, 2.05) is 32.0 Å². The number of anilines is 1. The molecule has 2 aliphatic rings. The van der Waals surface area contributed by atoms with E-state index in [1.54, 1.807) is 16.4 Å². The molecule has 8 heteroatoms. The van der Waals surface area contributed by atoms with E-state index >= 15 is 0 Å². The number of aryl methyl sites for hydroxylation is 1. The van der Waals surface area contributed by atoms with Crippen molar-refractivity contribution in [2.75, 3.05) is 58.3 Å². The highest BCUT2D eigenvalue weighted by molar-refractivity contribution is 7.89. The lowest BCUT2D eigenvalue weighted by atomic mass is 10.2. The second-order valence-electron chi connectivity index (χ2n) is 6.93. The molecule has 1 unspecified atom stereocenters. The first kappa shape index (κ1) is 20.5. The molecule has 0 aliphatic carbocycles. The topological polar surface area (TPSA) is 55.9 Å². The molecular weight excluding hydrogens is 360 g/mol. The summed E-state index contributed by atoms with van der Waals surface area (Å²) in [5.74, 6) is 0. The number of nitrogens with zero attached hydrogens (tertiary/aromatic N) is 3. The van der Waals surface area contributed by atoms with Gasteiger partial charge in [0.1, 0.15) is 0 Å². The van der Waals surface area contributed by atoms with E-state index < -0.39 is 10.0 Å². The summed E-state index contributed by atoms with van der Waals surface area (Å²) >= 11 is 0. The zero-order valence-electron chi connectivity index (χ0n) is 15.2. The Morgan fingerprint density at radius 1 is 1.16 bits per heavy atom. The number of hydrogen-bond acceptors (Lipinski definition) is 5. The average Bonchev–Trinajstić information content (AvgIpc) is 3.06. The van der Waals surface area contributed by atoms with Crippen molar-refractivity contribution in [2.45, 2.75) is 24.3 Å². The Morgan fingerprint density at radius 2 is 1.84 bits per heavy atom. The minimum Gasteiger partial charge on any atom is -0.377 e. The van der Waals surface area contributed by atoms with Crippen molar-refractivity contribution in [3.05, 3.63) is 23.8 Å². The maximum atomic E-state index is 13.0. The molecule has 3 rings (SSSR count). The van der Waals surface area contributed by atoms with Gasteiger partial charge >= 0.3 is 0 Å². The van der Waals surface area contributed by atoms with Gasteiger partial charge in [-0.1, -0.05) is 6.07 Å². The molecule has 2 heterocycles. The number of nitrogens with one attached hydrogen (secondary N) is 1. The molecule has 0 saturated carbocycles. The van der Waals surface area contributed by atoms with Crippen LogP contribution in [0.4, 0.5) is 5.69 Å². The zero-order valence-corrected chi connectivity index (χ0v) is 16.9. The van der Waals surface area contributed by atoms with Crippen LogP contribution in [0.25, 0.3) is 0 Å². The van der Waals surface area contributed by atoms with Gasteiger partial charge in [-0.25, -0.2) is 8.42 Å². The highest BCUT2D eigenvalue weighted by atomic mass is 35.5. The lowest BCUT2D eigenvalue weighted by Crippen LogP contribution is -2.49. The molecule has 6 nitrogen and oxygen atoms in total. The molecule has 0 radical (unpaired) electrons. The molecule has 0 amide bonds. The van der Waals surface area contributed by atoms with Crippen LogP contribution in [0, 0.1) is 6.92 Å². The van der Waals surface area contributed by atoms with Crippen molar-refractivity contribution in [1.29, 1.82) is 0 Å². The fraction of sp³-hybridized carbons (Fsp3) is 0.647. The average molecular weight is 389 g/mol. The Kier molecular flexibility index (Phi) is 6.73. The molecule has 1 aromatic carbocycles. The van der Waals surface area contributed by atoms with Crippen LogP contribution in [0.3, 0.4) is 0 Å². The lowest BCUT2D eigenvalue weighted by molar-refractivity contribution is 0.179. The third-order valence-electron chi connectivity index (χ3n) is 5.09. The summed E-state index contributed by atoms with van der Waals surface area (Å²) in [6.45, 7) is 7.22. The van der Waals surface area contributed by atoms with Crippen molar-refractivity contribution in [2.24, 2.45) is 0 Å². The van der Waals surface area contributed by atoms with E-state index in [1.165, 1.54) is 0 Å². The van der Waals surface area contributed by atoms with E-state index in [4.69, 9.17) is 0 Å². The monoisotopic (exact) mass is 388 g/mol. The van der Waals surface area contributed by atoms with E-state index in [9.17, 15) is 8.42 Å². The Balaban J connectivity index is 0.00000225. The van der Waals surface area contributed by atoms with Crippen LogP contribution in [0.5, 0.6) is 0 Å². The van der Waals surface area contributed by atoms with Crippen LogP contribution >= 0.6 is 12.4 Å². The number of rotatable bonds is 4. The molecule has 1 aromatic rings. The predicted octanol–water partition coefficient (Wildman–Crippen LogP) is 1.15. The van der Waals surface area contributed by atoms with Crippen LogP contribution in [0.1, 0.15) is 12.0 Å². The molecule has 0 aromatic heterocycles. The minimum absolute atomic E-state index is 0. The highest BCUT2D eigenvalue weighted by Crippen LogP contribution is 2.27. The second-order valence-corrected chi connectivity index (χ2v) is 8.87. The maximum absolute atomic E-state index is 13.0. The Labute approximate surface area is 157 Å². The first-order valence-electron chi connectivity index (χ1n) is 8.62. The molecule has 1 atom stereocenters. The van der Waals surface area contributed by atoms with Crippen LogP contribution in [-0.2, 0) is 10.0 Å². The number of benzene rings is 1. The standard InChI is InChI=1S/C17H28N4O2S.ClH/c1-14-4-5-16(12-17(14)19(2)3)24(22,23)21-9-6-15(13-21)20-10-7-18-8-11-20;/h4-5,12,15,18H,6-11,13H2,1-3H3;1H. The summed E-state index contributed by atoms with van der Waals surface area (Å²) in [5.41, 5.74) is 2.04. The van der Waals surface area contributed by atoms with Crippen LogP contribution in [-0.4, -0.2) is 77.0 Å². The van der Waals surface area contributed by atoms with E-state index in [0.29, 0.717) is 24.0 Å². The molecule has 0 bridgehead atoms. The number of halogens is 1. The first-order valence-corrected chi connectivity index (χ1v) is 10.1. The Morgan fingerprint density at radius 3 is 2.48 bits per heavy atom. The lowest BCUT2D eigenvalue weighted by Gasteiger charge is -2.32. The molecule has 0 spiro atoms. The summed E-state index contributed by atoms with van der Waals surface area (Å²) < 4.78 is 27.7. The van der Waals surface area contributed by atoms with Gasteiger partial charge < -0.3 is 10.2 Å². The van der Waals surface area contributed by atoms with Gasteiger partial charge in [-0.2, -0.15) is 4.31 Å². The normalized spacial score (nSPS) is 22.6. The van der Waals surface area contributed by atoms with Crippen LogP contribution in [0.15, 0.2) is 23.1 Å². The SMILES string of the molecule is Cc1ccc(S(=O)(=O)N2CCC(N3CCNCC3)C2)cc1N(C)C.Cl. The summed E-state index contributed by atoms with van der Waals surface area (Å²) in [6.07, 6.45) is 0.922. The largest absolute Gasteiger partial charge is 0.377 e. The van der Waals surface area contributed by atoms with Crippen molar-refractivity contribution in [3.8, 4) is 0 Å². The summed E-state index contributed by atoms with van der Waals surface area (Å²) in [5, 5.41) is 3.35. The van der Waals surface area contributed by atoms with Gasteiger partial charge in [0.05, 0.1) is 4.90 Å². The molecule has 2 fully saturated rings. The smallest absolute Gasteiger partial charge is 0.243 e. The zero-order chi connectivity index (χ0) is 17.3. The van der Waals surface area contributed by atoms with Crippen LogP contribution < -0.4 is 10.2 Å². The molecule has 2 saturated heterocycles. The molecule has 142 valence electrons. The van der Waals surface area contributed by atoms with Gasteiger partial charge in [0.2, 0.25) is 10.0 Å². The van der Waals surface area contributed by atoms with Crippen LogP contribution in [0.2, 0.25) is 0 Å². The van der Waals surface area contributed by atoms with Gasteiger partial charge in [-0.3, -0.25) is 4.90 Å². The third kappa shape index (κ3) is 4.28. The first-order chi connectivity index (χ1) is 11.4. The predicted molar refractivity (Wildman–Crippen MR) is 104 cm³/mol. The Bertz CT molecular complexity index is 690. The molecule has 2 aliphatic heterocycles. The summed E-state index contributed by atoms with van der Waals surface area (Å²) in [7, 11) is 0.460. The Hall–Kier alpha value is -0.860. The van der Waals surface area contributed by atoms with Crippen molar-refractivity contribution in [3.63, 3.8) is 0 Å². The number of sulfonamides is 1. The van der Waals surface area contributed by atoms with Gasteiger partial charge in [-0.05, 0) is 31.0 Å². The van der Waals surface area contributed by atoms with Crippen molar-refractivity contribution >= 4 is 28.1 Å². The summed E-state index contributed by atoms with van der Waals surface area (Å²) in [6, 6.07) is 5.77. The van der Waals surface area contributed by atoms with Crippen molar-refractivity contribution < 1.29 is 8.42 Å². The van der Waals surface area contributed by atoms with E-state index in [-0.39, 0.29) is 12.4 Å². The maximum Gasteiger partial charge on any atom is 0.243 e. The highest BCUT2D eigenvalue weighted by Gasteiger charge is 2.35. The number of piperazine rings is 1. The molecular formula is C17H29ClN4O2S. The molecule has 1 N–H and O–H groups in total. The minimum atomic E-state index is -3.42. The van der Waals surface area contributed by atoms with E-state index in [2.05, 4.69) is 10.2 Å². The summed E-state index contributed by atoms with van der Waals surface area (Å²) in [4.78, 5) is 4.78. The second kappa shape index (κ2) is 8.22. The molecule has 25 heavy (non-hydrogen) atoms. The quantitative estimate of drug-likeness (QED) is 0.838. The third-order valence-corrected chi connectivity index (χ3v) is 6.96.